The van der Waals surface area contributed by atoms with Crippen molar-refractivity contribution in [3.63, 3.8) is 0 Å². The largest absolute Gasteiger partial charge is 0.493 e. The van der Waals surface area contributed by atoms with Gasteiger partial charge in [0.05, 0.1) is 19.8 Å². The number of benzene rings is 1. The molecule has 1 saturated heterocycles. The Balaban J connectivity index is 1.71. The fourth-order valence-electron chi connectivity index (χ4n) is 2.02. The number of fused-ring (bicyclic) bond motifs is 1. The monoisotopic (exact) mass is 205 g/mol. The summed E-state index contributed by atoms with van der Waals surface area (Å²) in [6.07, 6.45) is 0. The van der Waals surface area contributed by atoms with Crippen molar-refractivity contribution < 1.29 is 9.47 Å². The molecule has 0 radical (unpaired) electrons. The van der Waals surface area contributed by atoms with Crippen LogP contribution in [0.4, 0.5) is 0 Å². The third-order valence-electron chi connectivity index (χ3n) is 3.03. The summed E-state index contributed by atoms with van der Waals surface area (Å²) < 4.78 is 11.0. The Morgan fingerprint density at radius 1 is 1.33 bits per heavy atom. The minimum absolute atomic E-state index is 0.593. The van der Waals surface area contributed by atoms with E-state index in [4.69, 9.17) is 9.47 Å². The van der Waals surface area contributed by atoms with E-state index in [9.17, 15) is 0 Å². The van der Waals surface area contributed by atoms with Crippen LogP contribution in [0, 0.1) is 5.92 Å². The normalized spacial score (nSPS) is 19.7. The van der Waals surface area contributed by atoms with Crippen LogP contribution in [0.25, 0.3) is 0 Å². The summed E-state index contributed by atoms with van der Waals surface area (Å²) in [5.74, 6) is 1.64. The predicted molar refractivity (Wildman–Crippen MR) is 56.8 cm³/mol. The molecule has 0 aromatic heterocycles. The van der Waals surface area contributed by atoms with Crippen molar-refractivity contribution in [2.75, 3.05) is 19.8 Å². The van der Waals surface area contributed by atoms with E-state index in [0.29, 0.717) is 5.92 Å². The van der Waals surface area contributed by atoms with Gasteiger partial charge in [-0.05, 0) is 11.6 Å². The molecule has 15 heavy (non-hydrogen) atoms. The summed E-state index contributed by atoms with van der Waals surface area (Å²) >= 11 is 0. The number of hydrogen-bond donors (Lipinski definition) is 1. The molecule has 1 fully saturated rings. The van der Waals surface area contributed by atoms with Gasteiger partial charge in [0.25, 0.3) is 0 Å². The molecule has 2 aliphatic rings. The van der Waals surface area contributed by atoms with Crippen LogP contribution in [0.5, 0.6) is 5.75 Å². The van der Waals surface area contributed by atoms with Crippen molar-refractivity contribution in [3.8, 4) is 5.75 Å². The molecule has 0 unspecified atom stereocenters. The van der Waals surface area contributed by atoms with Crippen molar-refractivity contribution in [2.24, 2.45) is 5.92 Å². The van der Waals surface area contributed by atoms with E-state index in [0.717, 1.165) is 38.7 Å². The third-order valence-corrected chi connectivity index (χ3v) is 3.03. The third kappa shape index (κ3) is 1.73. The molecule has 3 nitrogen and oxygen atoms in total. The van der Waals surface area contributed by atoms with Crippen LogP contribution in [0.15, 0.2) is 18.2 Å². The van der Waals surface area contributed by atoms with Crippen molar-refractivity contribution in [1.82, 2.24) is 5.32 Å². The Morgan fingerprint density at radius 3 is 3.07 bits per heavy atom. The molecule has 0 saturated carbocycles. The molecule has 80 valence electrons. The highest BCUT2D eigenvalue weighted by atomic mass is 16.5. The fraction of sp³-hybridized carbons (Fsp3) is 0.500. The maximum Gasteiger partial charge on any atom is 0.124 e. The van der Waals surface area contributed by atoms with Gasteiger partial charge in [0.15, 0.2) is 0 Å². The molecular weight excluding hydrogens is 190 g/mol. The van der Waals surface area contributed by atoms with Crippen LogP contribution in [0.1, 0.15) is 11.1 Å². The lowest BCUT2D eigenvalue weighted by Crippen LogP contribution is -2.32. The molecule has 2 aliphatic heterocycles. The van der Waals surface area contributed by atoms with Crippen LogP contribution in [0.3, 0.4) is 0 Å². The molecule has 3 heteroatoms. The van der Waals surface area contributed by atoms with Crippen LogP contribution < -0.4 is 10.1 Å². The maximum atomic E-state index is 5.83. The number of nitrogens with one attached hydrogen (secondary N) is 1. The Labute approximate surface area is 89.4 Å². The molecule has 1 aromatic carbocycles. The summed E-state index contributed by atoms with van der Waals surface area (Å²) in [6, 6.07) is 6.29. The number of ether oxygens (including phenoxy) is 2. The summed E-state index contributed by atoms with van der Waals surface area (Å²) in [7, 11) is 0. The topological polar surface area (TPSA) is 30.5 Å². The van der Waals surface area contributed by atoms with Crippen LogP contribution >= 0.6 is 0 Å². The summed E-state index contributed by atoms with van der Waals surface area (Å²) in [5.41, 5.74) is 2.70. The van der Waals surface area contributed by atoms with E-state index < -0.39 is 0 Å². The van der Waals surface area contributed by atoms with E-state index in [-0.39, 0.29) is 0 Å². The van der Waals surface area contributed by atoms with Gasteiger partial charge < -0.3 is 14.8 Å². The van der Waals surface area contributed by atoms with Crippen LogP contribution in [-0.4, -0.2) is 19.8 Å². The van der Waals surface area contributed by atoms with Gasteiger partial charge in [-0.1, -0.05) is 12.1 Å². The molecule has 2 heterocycles. The smallest absolute Gasteiger partial charge is 0.124 e. The minimum Gasteiger partial charge on any atom is -0.493 e. The number of rotatable bonds is 3. The van der Waals surface area contributed by atoms with Gasteiger partial charge in [-0.25, -0.2) is 0 Å². The van der Waals surface area contributed by atoms with Gasteiger partial charge in [-0.3, -0.25) is 0 Å². The van der Waals surface area contributed by atoms with Crippen LogP contribution in [-0.2, 0) is 17.8 Å². The van der Waals surface area contributed by atoms with Crippen LogP contribution in [0.2, 0.25) is 0 Å². The SMILES string of the molecule is c1cc2c(c(OCC3COC3)c1)CNC2. The summed E-state index contributed by atoms with van der Waals surface area (Å²) in [6.45, 7) is 4.41. The fourth-order valence-corrected chi connectivity index (χ4v) is 2.02. The molecular formula is C12H15NO2. The minimum atomic E-state index is 0.593. The van der Waals surface area contributed by atoms with E-state index in [1.165, 1.54) is 11.1 Å². The Bertz CT molecular complexity index is 361. The zero-order chi connectivity index (χ0) is 10.1. The van der Waals surface area contributed by atoms with Crippen molar-refractivity contribution in [2.45, 2.75) is 13.1 Å². The second kappa shape index (κ2) is 3.83. The second-order valence-corrected chi connectivity index (χ2v) is 4.21. The highest BCUT2D eigenvalue weighted by Crippen LogP contribution is 2.26. The first-order valence-electron chi connectivity index (χ1n) is 5.45. The van der Waals surface area contributed by atoms with E-state index >= 15 is 0 Å². The summed E-state index contributed by atoms with van der Waals surface area (Å²) in [4.78, 5) is 0. The van der Waals surface area contributed by atoms with E-state index in [2.05, 4.69) is 23.5 Å². The Kier molecular flexibility index (Phi) is 2.35. The van der Waals surface area contributed by atoms with Gasteiger partial charge >= 0.3 is 0 Å². The van der Waals surface area contributed by atoms with Gasteiger partial charge in [0.1, 0.15) is 5.75 Å². The molecule has 0 bridgehead atoms. The predicted octanol–water partition coefficient (Wildman–Crippen LogP) is 1.31. The lowest BCUT2D eigenvalue weighted by atomic mass is 10.1. The molecule has 0 spiro atoms. The lowest BCUT2D eigenvalue weighted by Gasteiger charge is -2.26. The average molecular weight is 205 g/mol. The highest BCUT2D eigenvalue weighted by molar-refractivity contribution is 5.42. The van der Waals surface area contributed by atoms with Gasteiger partial charge in [-0.2, -0.15) is 0 Å². The Hall–Kier alpha value is -1.06. The first kappa shape index (κ1) is 9.19. The zero-order valence-corrected chi connectivity index (χ0v) is 8.66. The molecule has 0 atom stereocenters. The first-order chi connectivity index (χ1) is 7.43. The van der Waals surface area contributed by atoms with Gasteiger partial charge in [0, 0.05) is 24.6 Å². The van der Waals surface area contributed by atoms with Crippen molar-refractivity contribution in [3.05, 3.63) is 29.3 Å². The van der Waals surface area contributed by atoms with Gasteiger partial charge in [-0.15, -0.1) is 0 Å². The first-order valence-corrected chi connectivity index (χ1v) is 5.45. The average Bonchev–Trinajstić information content (AvgIpc) is 2.63. The molecule has 0 aliphatic carbocycles. The maximum absolute atomic E-state index is 5.83. The van der Waals surface area contributed by atoms with Crippen molar-refractivity contribution >= 4 is 0 Å². The van der Waals surface area contributed by atoms with E-state index in [1.807, 2.05) is 0 Å². The van der Waals surface area contributed by atoms with Crippen molar-refractivity contribution in [1.29, 1.82) is 0 Å². The lowest BCUT2D eigenvalue weighted by molar-refractivity contribution is -0.0509. The second-order valence-electron chi connectivity index (χ2n) is 4.21. The molecule has 1 aromatic rings. The Morgan fingerprint density at radius 2 is 2.27 bits per heavy atom. The number of hydrogen-bond acceptors (Lipinski definition) is 3. The molecule has 3 rings (SSSR count). The van der Waals surface area contributed by atoms with Gasteiger partial charge in [0.2, 0.25) is 0 Å². The van der Waals surface area contributed by atoms with E-state index in [1.54, 1.807) is 0 Å². The molecule has 1 N–H and O–H groups in total. The molecule has 0 amide bonds. The standard InChI is InChI=1S/C12H15NO2/c1-2-10-4-13-5-11(10)12(3-1)15-8-9-6-14-7-9/h1-3,9,13H,4-8H2. The highest BCUT2D eigenvalue weighted by Gasteiger charge is 2.20. The zero-order valence-electron chi connectivity index (χ0n) is 8.66. The summed E-state index contributed by atoms with van der Waals surface area (Å²) in [5, 5.41) is 3.34. The quantitative estimate of drug-likeness (QED) is 0.807.